The van der Waals surface area contributed by atoms with Crippen molar-refractivity contribution in [3.8, 4) is 0 Å². The van der Waals surface area contributed by atoms with Gasteiger partial charge in [-0.05, 0) is 33.3 Å². The van der Waals surface area contributed by atoms with E-state index >= 15 is 0 Å². The molecule has 0 bridgehead atoms. The molecule has 1 atom stereocenters. The third kappa shape index (κ3) is 4.96. The minimum absolute atomic E-state index is 0.0924. The number of nitrogens with zero attached hydrogens (tertiary/aromatic N) is 3. The average molecular weight is 370 g/mol. The molecule has 1 aromatic heterocycles. The van der Waals surface area contributed by atoms with E-state index in [2.05, 4.69) is 51.5 Å². The molecular formula is C21H30N4O2. The summed E-state index contributed by atoms with van der Waals surface area (Å²) in [7, 11) is 0. The van der Waals surface area contributed by atoms with Crippen molar-refractivity contribution in [3.05, 3.63) is 52.4 Å². The Morgan fingerprint density at radius 1 is 1.15 bits per heavy atom. The number of amides is 1. The molecule has 1 aliphatic rings. The van der Waals surface area contributed by atoms with Gasteiger partial charge in [-0.15, -0.1) is 0 Å². The summed E-state index contributed by atoms with van der Waals surface area (Å²) in [6.45, 7) is 13.1. The highest BCUT2D eigenvalue weighted by Crippen LogP contribution is 2.17. The zero-order chi connectivity index (χ0) is 19.4. The Morgan fingerprint density at radius 2 is 1.81 bits per heavy atom. The van der Waals surface area contributed by atoms with Gasteiger partial charge in [-0.3, -0.25) is 14.6 Å². The quantitative estimate of drug-likeness (QED) is 0.846. The highest BCUT2D eigenvalue weighted by atomic mass is 16.5. The van der Waals surface area contributed by atoms with Crippen molar-refractivity contribution in [2.24, 2.45) is 0 Å². The molecule has 1 fully saturated rings. The number of rotatable bonds is 6. The van der Waals surface area contributed by atoms with Gasteiger partial charge in [0, 0.05) is 44.8 Å². The number of aromatic nitrogens is 1. The zero-order valence-electron chi connectivity index (χ0n) is 16.8. The van der Waals surface area contributed by atoms with Gasteiger partial charge in [0.2, 0.25) is 5.91 Å². The van der Waals surface area contributed by atoms with Crippen LogP contribution in [0.1, 0.15) is 35.1 Å². The van der Waals surface area contributed by atoms with Crippen LogP contribution in [0.5, 0.6) is 0 Å². The predicted molar refractivity (Wildman–Crippen MR) is 105 cm³/mol. The fourth-order valence-corrected chi connectivity index (χ4v) is 3.47. The number of benzene rings is 1. The lowest BCUT2D eigenvalue weighted by atomic mass is 10.1. The second kappa shape index (κ2) is 8.67. The lowest BCUT2D eigenvalue weighted by Gasteiger charge is -2.37. The van der Waals surface area contributed by atoms with Crippen LogP contribution in [0.3, 0.4) is 0 Å². The predicted octanol–water partition coefficient (Wildman–Crippen LogP) is 2.42. The first-order valence-corrected chi connectivity index (χ1v) is 9.65. The first-order chi connectivity index (χ1) is 12.9. The van der Waals surface area contributed by atoms with Crippen LogP contribution in [-0.2, 0) is 17.9 Å². The first kappa shape index (κ1) is 19.6. The Labute approximate surface area is 161 Å². The minimum Gasteiger partial charge on any atom is -0.361 e. The summed E-state index contributed by atoms with van der Waals surface area (Å²) in [5.74, 6) is 0.994. The van der Waals surface area contributed by atoms with Gasteiger partial charge in [-0.1, -0.05) is 35.0 Å². The van der Waals surface area contributed by atoms with Crippen molar-refractivity contribution in [2.75, 3.05) is 26.2 Å². The Bertz CT molecular complexity index is 741. The molecule has 146 valence electrons. The van der Waals surface area contributed by atoms with Gasteiger partial charge in [-0.2, -0.15) is 0 Å². The third-order valence-electron chi connectivity index (χ3n) is 5.48. The summed E-state index contributed by atoms with van der Waals surface area (Å²) in [4.78, 5) is 17.2. The Kier molecular flexibility index (Phi) is 6.29. The van der Waals surface area contributed by atoms with Gasteiger partial charge in [0.25, 0.3) is 0 Å². The van der Waals surface area contributed by atoms with Gasteiger partial charge in [-0.25, -0.2) is 0 Å². The first-order valence-electron chi connectivity index (χ1n) is 9.65. The van der Waals surface area contributed by atoms with Crippen molar-refractivity contribution >= 4 is 5.91 Å². The minimum atomic E-state index is -0.114. The fraction of sp³-hybridized carbons (Fsp3) is 0.524. The fourth-order valence-electron chi connectivity index (χ4n) is 3.47. The molecule has 0 spiro atoms. The normalized spacial score (nSPS) is 17.0. The van der Waals surface area contributed by atoms with Crippen molar-refractivity contribution in [3.63, 3.8) is 0 Å². The maximum Gasteiger partial charge on any atom is 0.237 e. The average Bonchev–Trinajstić information content (AvgIpc) is 2.99. The van der Waals surface area contributed by atoms with Crippen LogP contribution < -0.4 is 5.32 Å². The number of carbonyl (C=O) groups excluding carboxylic acids is 1. The van der Waals surface area contributed by atoms with Crippen LogP contribution in [0.25, 0.3) is 0 Å². The molecule has 1 aromatic carbocycles. The highest BCUT2D eigenvalue weighted by molar-refractivity contribution is 5.81. The molecule has 1 saturated heterocycles. The van der Waals surface area contributed by atoms with E-state index in [9.17, 15) is 4.79 Å². The van der Waals surface area contributed by atoms with Crippen LogP contribution in [0.4, 0.5) is 0 Å². The van der Waals surface area contributed by atoms with Crippen molar-refractivity contribution in [1.29, 1.82) is 0 Å². The topological polar surface area (TPSA) is 61.6 Å². The number of hydrogen-bond donors (Lipinski definition) is 1. The number of nitrogens with one attached hydrogen (secondary N) is 1. The summed E-state index contributed by atoms with van der Waals surface area (Å²) in [5.41, 5.74) is 4.52. The standard InChI is InChI=1S/C21H30N4O2/c1-15-5-7-19(8-6-15)13-22-21(26)17(3)25-11-9-24(10-12-25)14-20-16(2)23-27-18(20)4/h5-8,17H,9-14H2,1-4H3,(H,22,26). The molecule has 0 radical (unpaired) electrons. The summed E-state index contributed by atoms with van der Waals surface area (Å²) in [6, 6.07) is 8.16. The Morgan fingerprint density at radius 3 is 2.41 bits per heavy atom. The van der Waals surface area contributed by atoms with Gasteiger partial charge < -0.3 is 9.84 Å². The largest absolute Gasteiger partial charge is 0.361 e. The Hall–Kier alpha value is -2.18. The Balaban J connectivity index is 1.45. The van der Waals surface area contributed by atoms with Gasteiger partial charge in [0.1, 0.15) is 5.76 Å². The molecule has 2 aromatic rings. The van der Waals surface area contributed by atoms with Gasteiger partial charge >= 0.3 is 0 Å². The van der Waals surface area contributed by atoms with Crippen LogP contribution >= 0.6 is 0 Å². The molecule has 6 heteroatoms. The summed E-state index contributed by atoms with van der Waals surface area (Å²) in [5, 5.41) is 7.10. The van der Waals surface area contributed by atoms with E-state index in [1.165, 1.54) is 11.1 Å². The van der Waals surface area contributed by atoms with E-state index in [0.29, 0.717) is 6.54 Å². The van der Waals surface area contributed by atoms with Crippen LogP contribution in [0.2, 0.25) is 0 Å². The van der Waals surface area contributed by atoms with E-state index in [4.69, 9.17) is 4.52 Å². The number of hydrogen-bond acceptors (Lipinski definition) is 5. The monoisotopic (exact) mass is 370 g/mol. The number of aryl methyl sites for hydroxylation is 3. The van der Waals surface area contributed by atoms with Gasteiger partial charge in [0.15, 0.2) is 0 Å². The number of piperazine rings is 1. The van der Waals surface area contributed by atoms with E-state index in [1.54, 1.807) is 0 Å². The van der Waals surface area contributed by atoms with Crippen molar-refractivity contribution in [1.82, 2.24) is 20.3 Å². The third-order valence-corrected chi connectivity index (χ3v) is 5.48. The molecular weight excluding hydrogens is 340 g/mol. The van der Waals surface area contributed by atoms with E-state index in [0.717, 1.165) is 49.7 Å². The van der Waals surface area contributed by atoms with Gasteiger partial charge in [0.05, 0.1) is 11.7 Å². The van der Waals surface area contributed by atoms with Crippen LogP contribution in [0.15, 0.2) is 28.8 Å². The SMILES string of the molecule is Cc1ccc(CNC(=O)C(C)N2CCN(Cc3c(C)noc3C)CC2)cc1. The maximum absolute atomic E-state index is 12.5. The molecule has 2 heterocycles. The molecule has 0 saturated carbocycles. The second-order valence-corrected chi connectivity index (χ2v) is 7.49. The second-order valence-electron chi connectivity index (χ2n) is 7.49. The molecule has 1 unspecified atom stereocenters. The highest BCUT2D eigenvalue weighted by Gasteiger charge is 2.26. The van der Waals surface area contributed by atoms with Crippen molar-refractivity contribution < 1.29 is 9.32 Å². The van der Waals surface area contributed by atoms with E-state index in [1.807, 2.05) is 20.8 Å². The molecule has 1 N–H and O–H groups in total. The molecule has 1 aliphatic heterocycles. The van der Waals surface area contributed by atoms with Crippen LogP contribution in [-0.4, -0.2) is 53.1 Å². The van der Waals surface area contributed by atoms with Crippen molar-refractivity contribution in [2.45, 2.75) is 46.8 Å². The summed E-state index contributed by atoms with van der Waals surface area (Å²) in [6.07, 6.45) is 0. The zero-order valence-corrected chi connectivity index (χ0v) is 16.8. The lowest BCUT2D eigenvalue weighted by molar-refractivity contribution is -0.126. The maximum atomic E-state index is 12.5. The molecule has 0 aliphatic carbocycles. The summed E-state index contributed by atoms with van der Waals surface area (Å²) < 4.78 is 5.26. The lowest BCUT2D eigenvalue weighted by Crippen LogP contribution is -2.53. The molecule has 6 nitrogen and oxygen atoms in total. The van der Waals surface area contributed by atoms with E-state index < -0.39 is 0 Å². The smallest absolute Gasteiger partial charge is 0.237 e. The number of carbonyl (C=O) groups is 1. The molecule has 27 heavy (non-hydrogen) atoms. The summed E-state index contributed by atoms with van der Waals surface area (Å²) >= 11 is 0. The van der Waals surface area contributed by atoms with Crippen LogP contribution in [0, 0.1) is 20.8 Å². The molecule has 3 rings (SSSR count). The van der Waals surface area contributed by atoms with E-state index in [-0.39, 0.29) is 11.9 Å². The molecule has 1 amide bonds.